The van der Waals surface area contributed by atoms with E-state index in [1.54, 1.807) is 0 Å². The lowest BCUT2D eigenvalue weighted by atomic mass is 10.2. The number of piperazine rings is 1. The summed E-state index contributed by atoms with van der Waals surface area (Å²) in [6, 6.07) is 18.6. The molecule has 0 unspecified atom stereocenters. The van der Waals surface area contributed by atoms with Gasteiger partial charge >= 0.3 is 0 Å². The van der Waals surface area contributed by atoms with Crippen molar-refractivity contribution in [1.29, 1.82) is 0 Å². The lowest BCUT2D eigenvalue weighted by molar-refractivity contribution is 0.624. The number of para-hydroxylation sites is 1. The Kier molecular flexibility index (Phi) is 4.87. The first kappa shape index (κ1) is 17.3. The number of rotatable bonds is 4. The second-order valence-electron chi connectivity index (χ2n) is 6.63. The van der Waals surface area contributed by atoms with Crippen molar-refractivity contribution in [3.63, 3.8) is 0 Å². The monoisotopic (exact) mass is 363 g/mol. The summed E-state index contributed by atoms with van der Waals surface area (Å²) in [6.45, 7) is 5.44. The molecule has 0 bridgehead atoms. The van der Waals surface area contributed by atoms with Crippen molar-refractivity contribution in [3.8, 4) is 0 Å². The van der Waals surface area contributed by atoms with Gasteiger partial charge in [0.15, 0.2) is 0 Å². The van der Waals surface area contributed by atoms with Crippen molar-refractivity contribution in [1.82, 2.24) is 9.97 Å². The standard InChI is InChI=1S/C21H22FN5/c1-16-15-20(25-21(23-16)24-18-5-3-2-4-6-18)27-13-11-26(12-14-27)19-9-7-17(22)8-10-19/h2-10,15H,11-14H2,1H3,(H,23,24,25). The third-order valence-corrected chi connectivity index (χ3v) is 4.67. The van der Waals surface area contributed by atoms with Crippen LogP contribution in [0.3, 0.4) is 0 Å². The van der Waals surface area contributed by atoms with Crippen molar-refractivity contribution in [3.05, 3.63) is 72.2 Å². The topological polar surface area (TPSA) is 44.3 Å². The van der Waals surface area contributed by atoms with Gasteiger partial charge in [0.1, 0.15) is 11.6 Å². The molecule has 1 fully saturated rings. The van der Waals surface area contributed by atoms with Crippen molar-refractivity contribution in [2.24, 2.45) is 0 Å². The molecule has 138 valence electrons. The number of halogens is 1. The molecule has 1 aliphatic rings. The van der Waals surface area contributed by atoms with Crippen LogP contribution in [0, 0.1) is 12.7 Å². The first-order valence-electron chi connectivity index (χ1n) is 9.10. The van der Waals surface area contributed by atoms with Crippen LogP contribution in [0.4, 0.5) is 27.5 Å². The number of anilines is 4. The van der Waals surface area contributed by atoms with E-state index in [1.165, 1.54) is 12.1 Å². The highest BCUT2D eigenvalue weighted by Crippen LogP contribution is 2.22. The number of aromatic nitrogens is 2. The van der Waals surface area contributed by atoms with Gasteiger partial charge in [0, 0.05) is 49.3 Å². The molecule has 1 saturated heterocycles. The van der Waals surface area contributed by atoms with Crippen LogP contribution in [0.15, 0.2) is 60.7 Å². The Bertz CT molecular complexity index is 890. The van der Waals surface area contributed by atoms with Crippen LogP contribution in [0.5, 0.6) is 0 Å². The molecule has 5 nitrogen and oxygen atoms in total. The van der Waals surface area contributed by atoms with Crippen molar-refractivity contribution in [2.45, 2.75) is 6.92 Å². The Morgan fingerprint density at radius 3 is 2.22 bits per heavy atom. The van der Waals surface area contributed by atoms with E-state index in [2.05, 4.69) is 20.1 Å². The van der Waals surface area contributed by atoms with Crippen LogP contribution < -0.4 is 15.1 Å². The summed E-state index contributed by atoms with van der Waals surface area (Å²) in [6.07, 6.45) is 0. The summed E-state index contributed by atoms with van der Waals surface area (Å²) in [5, 5.41) is 3.27. The van der Waals surface area contributed by atoms with E-state index in [4.69, 9.17) is 4.98 Å². The van der Waals surface area contributed by atoms with Gasteiger partial charge in [-0.1, -0.05) is 18.2 Å². The number of benzene rings is 2. The maximum Gasteiger partial charge on any atom is 0.229 e. The first-order valence-corrected chi connectivity index (χ1v) is 9.10. The van der Waals surface area contributed by atoms with Gasteiger partial charge < -0.3 is 15.1 Å². The first-order chi connectivity index (χ1) is 13.2. The maximum atomic E-state index is 13.1. The fourth-order valence-corrected chi connectivity index (χ4v) is 3.27. The maximum absolute atomic E-state index is 13.1. The van der Waals surface area contributed by atoms with Gasteiger partial charge in [-0.2, -0.15) is 4.98 Å². The Morgan fingerprint density at radius 2 is 1.52 bits per heavy atom. The number of hydrogen-bond acceptors (Lipinski definition) is 5. The van der Waals surface area contributed by atoms with Crippen LogP contribution in [0.25, 0.3) is 0 Å². The molecule has 3 aromatic rings. The molecule has 0 atom stereocenters. The van der Waals surface area contributed by atoms with E-state index in [0.29, 0.717) is 5.95 Å². The van der Waals surface area contributed by atoms with E-state index in [-0.39, 0.29) is 5.82 Å². The van der Waals surface area contributed by atoms with Crippen molar-refractivity contribution in [2.75, 3.05) is 41.3 Å². The van der Waals surface area contributed by atoms with Gasteiger partial charge in [-0.05, 0) is 43.3 Å². The fraction of sp³-hybridized carbons (Fsp3) is 0.238. The molecule has 0 amide bonds. The van der Waals surface area contributed by atoms with E-state index < -0.39 is 0 Å². The molecule has 0 radical (unpaired) electrons. The Balaban J connectivity index is 1.45. The Hall–Kier alpha value is -3.15. The average Bonchev–Trinajstić information content (AvgIpc) is 2.69. The van der Waals surface area contributed by atoms with Gasteiger partial charge in [0.05, 0.1) is 0 Å². The minimum Gasteiger partial charge on any atom is -0.368 e. The Morgan fingerprint density at radius 1 is 0.852 bits per heavy atom. The molecule has 1 aromatic heterocycles. The van der Waals surface area contributed by atoms with Gasteiger partial charge in [-0.15, -0.1) is 0 Å². The lowest BCUT2D eigenvalue weighted by Crippen LogP contribution is -2.46. The molecule has 27 heavy (non-hydrogen) atoms. The highest BCUT2D eigenvalue weighted by atomic mass is 19.1. The van der Waals surface area contributed by atoms with Gasteiger partial charge in [0.2, 0.25) is 5.95 Å². The molecular weight excluding hydrogens is 341 g/mol. The largest absolute Gasteiger partial charge is 0.368 e. The molecule has 4 rings (SSSR count). The van der Waals surface area contributed by atoms with E-state index in [1.807, 2.05) is 55.5 Å². The van der Waals surface area contributed by atoms with Crippen LogP contribution in [0.2, 0.25) is 0 Å². The van der Waals surface area contributed by atoms with Crippen molar-refractivity contribution >= 4 is 23.1 Å². The summed E-state index contributed by atoms with van der Waals surface area (Å²) in [5.74, 6) is 1.34. The SMILES string of the molecule is Cc1cc(N2CCN(c3ccc(F)cc3)CC2)nc(Nc2ccccc2)n1. The van der Waals surface area contributed by atoms with Gasteiger partial charge in [-0.25, -0.2) is 9.37 Å². The molecule has 2 aromatic carbocycles. The second-order valence-corrected chi connectivity index (χ2v) is 6.63. The molecule has 0 aliphatic carbocycles. The smallest absolute Gasteiger partial charge is 0.229 e. The Labute approximate surface area is 158 Å². The molecule has 0 saturated carbocycles. The van der Waals surface area contributed by atoms with Gasteiger partial charge in [-0.3, -0.25) is 0 Å². The normalized spacial score (nSPS) is 14.3. The zero-order valence-electron chi connectivity index (χ0n) is 15.3. The highest BCUT2D eigenvalue weighted by Gasteiger charge is 2.19. The van der Waals surface area contributed by atoms with Crippen molar-refractivity contribution < 1.29 is 4.39 Å². The van der Waals surface area contributed by atoms with Crippen LogP contribution in [-0.2, 0) is 0 Å². The lowest BCUT2D eigenvalue weighted by Gasteiger charge is -2.36. The zero-order chi connectivity index (χ0) is 18.6. The highest BCUT2D eigenvalue weighted by molar-refractivity contribution is 5.56. The second kappa shape index (κ2) is 7.61. The molecule has 0 spiro atoms. The number of nitrogens with zero attached hydrogens (tertiary/aromatic N) is 4. The predicted molar refractivity (Wildman–Crippen MR) is 107 cm³/mol. The summed E-state index contributed by atoms with van der Waals surface area (Å²) in [4.78, 5) is 13.7. The molecule has 2 heterocycles. The third-order valence-electron chi connectivity index (χ3n) is 4.67. The summed E-state index contributed by atoms with van der Waals surface area (Å²) in [7, 11) is 0. The zero-order valence-corrected chi connectivity index (χ0v) is 15.3. The van der Waals surface area contributed by atoms with E-state index in [9.17, 15) is 4.39 Å². The number of nitrogens with one attached hydrogen (secondary N) is 1. The number of aryl methyl sites for hydroxylation is 1. The molecule has 1 N–H and O–H groups in total. The quantitative estimate of drug-likeness (QED) is 0.759. The molecular formula is C21H22FN5. The fourth-order valence-electron chi connectivity index (χ4n) is 3.27. The van der Waals surface area contributed by atoms with E-state index >= 15 is 0 Å². The summed E-state index contributed by atoms with van der Waals surface area (Å²) in [5.41, 5.74) is 2.95. The third kappa shape index (κ3) is 4.16. The van der Waals surface area contributed by atoms with E-state index in [0.717, 1.165) is 49.1 Å². The predicted octanol–water partition coefficient (Wildman–Crippen LogP) is 3.99. The van der Waals surface area contributed by atoms with Gasteiger partial charge in [0.25, 0.3) is 0 Å². The average molecular weight is 363 g/mol. The summed E-state index contributed by atoms with van der Waals surface area (Å²) < 4.78 is 13.1. The minimum atomic E-state index is -0.202. The van der Waals surface area contributed by atoms with Crippen LogP contribution >= 0.6 is 0 Å². The number of hydrogen-bond donors (Lipinski definition) is 1. The van der Waals surface area contributed by atoms with Crippen LogP contribution in [0.1, 0.15) is 5.69 Å². The minimum absolute atomic E-state index is 0.202. The van der Waals surface area contributed by atoms with Crippen LogP contribution in [-0.4, -0.2) is 36.1 Å². The molecule has 1 aliphatic heterocycles. The summed E-state index contributed by atoms with van der Waals surface area (Å²) >= 11 is 0. The molecule has 6 heteroatoms.